The molecule has 2 aromatic rings. The number of ether oxygens (including phenoxy) is 1. The average Bonchev–Trinajstić information content (AvgIpc) is 2.96. The molecule has 1 aliphatic carbocycles. The van der Waals surface area contributed by atoms with E-state index in [0.717, 1.165) is 5.75 Å². The standard InChI is InChI=1S/C18H21NO/c1-19-18(15-6-3-2-4-7-15)13-20-17-11-10-14-8-5-9-16(14)12-17/h2-4,6-7,10-12,18-19H,5,8-9,13H2,1H3. The van der Waals surface area contributed by atoms with Crippen molar-refractivity contribution in [3.05, 3.63) is 65.2 Å². The van der Waals surface area contributed by atoms with Crippen LogP contribution in [0.5, 0.6) is 5.75 Å². The third kappa shape index (κ3) is 2.86. The molecule has 3 rings (SSSR count). The highest BCUT2D eigenvalue weighted by Crippen LogP contribution is 2.26. The van der Waals surface area contributed by atoms with Gasteiger partial charge in [0.25, 0.3) is 0 Å². The van der Waals surface area contributed by atoms with Gasteiger partial charge in [-0.3, -0.25) is 0 Å². The van der Waals surface area contributed by atoms with Crippen LogP contribution in [0.4, 0.5) is 0 Å². The van der Waals surface area contributed by atoms with E-state index in [4.69, 9.17) is 4.74 Å². The van der Waals surface area contributed by atoms with Crippen LogP contribution in [0.25, 0.3) is 0 Å². The minimum absolute atomic E-state index is 0.226. The van der Waals surface area contributed by atoms with Gasteiger partial charge in [-0.05, 0) is 55.1 Å². The van der Waals surface area contributed by atoms with Crippen molar-refractivity contribution in [2.24, 2.45) is 0 Å². The van der Waals surface area contributed by atoms with Gasteiger partial charge in [0, 0.05) is 0 Å². The number of fused-ring (bicyclic) bond motifs is 1. The van der Waals surface area contributed by atoms with Crippen LogP contribution in [0.3, 0.4) is 0 Å². The first-order valence-corrected chi connectivity index (χ1v) is 7.33. The first-order chi connectivity index (χ1) is 9.86. The van der Waals surface area contributed by atoms with Crippen LogP contribution < -0.4 is 10.1 Å². The maximum atomic E-state index is 5.98. The number of hydrogen-bond donors (Lipinski definition) is 1. The lowest BCUT2D eigenvalue weighted by Crippen LogP contribution is -2.23. The molecule has 0 heterocycles. The van der Waals surface area contributed by atoms with Gasteiger partial charge in [0.2, 0.25) is 0 Å². The molecule has 2 aromatic carbocycles. The van der Waals surface area contributed by atoms with E-state index in [1.165, 1.54) is 36.0 Å². The summed E-state index contributed by atoms with van der Waals surface area (Å²) in [6.45, 7) is 0.652. The molecule has 0 bridgehead atoms. The zero-order chi connectivity index (χ0) is 13.8. The normalized spacial score (nSPS) is 14.8. The fourth-order valence-corrected chi connectivity index (χ4v) is 2.85. The Morgan fingerprint density at radius 3 is 2.65 bits per heavy atom. The summed E-state index contributed by atoms with van der Waals surface area (Å²) in [6, 6.07) is 17.2. The van der Waals surface area contributed by atoms with E-state index >= 15 is 0 Å². The van der Waals surface area contributed by atoms with Gasteiger partial charge in [-0.1, -0.05) is 36.4 Å². The Bertz CT molecular complexity index is 565. The smallest absolute Gasteiger partial charge is 0.119 e. The molecule has 1 aliphatic rings. The highest BCUT2D eigenvalue weighted by molar-refractivity contribution is 5.38. The summed E-state index contributed by atoms with van der Waals surface area (Å²) >= 11 is 0. The van der Waals surface area contributed by atoms with Crippen molar-refractivity contribution in [1.82, 2.24) is 5.32 Å². The lowest BCUT2D eigenvalue weighted by Gasteiger charge is -2.18. The number of nitrogens with one attached hydrogen (secondary N) is 1. The second-order valence-electron chi connectivity index (χ2n) is 5.35. The second-order valence-corrected chi connectivity index (χ2v) is 5.35. The van der Waals surface area contributed by atoms with Crippen LogP contribution in [0.1, 0.15) is 29.2 Å². The van der Waals surface area contributed by atoms with Crippen LogP contribution in [-0.2, 0) is 12.8 Å². The Balaban J connectivity index is 1.66. The van der Waals surface area contributed by atoms with Crippen LogP contribution in [-0.4, -0.2) is 13.7 Å². The molecule has 0 amide bonds. The highest BCUT2D eigenvalue weighted by atomic mass is 16.5. The van der Waals surface area contributed by atoms with Gasteiger partial charge in [-0.2, -0.15) is 0 Å². The molecule has 0 radical (unpaired) electrons. The Labute approximate surface area is 120 Å². The first-order valence-electron chi connectivity index (χ1n) is 7.33. The molecule has 2 heteroatoms. The quantitative estimate of drug-likeness (QED) is 0.895. The van der Waals surface area contributed by atoms with Crippen molar-refractivity contribution in [3.63, 3.8) is 0 Å². The molecule has 0 aliphatic heterocycles. The third-order valence-electron chi connectivity index (χ3n) is 4.04. The van der Waals surface area contributed by atoms with E-state index in [1.54, 1.807) is 0 Å². The molecule has 1 atom stereocenters. The fraction of sp³-hybridized carbons (Fsp3) is 0.333. The zero-order valence-corrected chi connectivity index (χ0v) is 11.9. The molecule has 0 aromatic heterocycles. The van der Waals surface area contributed by atoms with E-state index in [2.05, 4.69) is 47.8 Å². The van der Waals surface area contributed by atoms with E-state index in [-0.39, 0.29) is 6.04 Å². The van der Waals surface area contributed by atoms with Crippen molar-refractivity contribution in [2.45, 2.75) is 25.3 Å². The minimum atomic E-state index is 0.226. The summed E-state index contributed by atoms with van der Waals surface area (Å²) in [5.41, 5.74) is 4.21. The van der Waals surface area contributed by atoms with Gasteiger partial charge in [-0.25, -0.2) is 0 Å². The van der Waals surface area contributed by atoms with E-state index in [9.17, 15) is 0 Å². The van der Waals surface area contributed by atoms with Gasteiger partial charge in [-0.15, -0.1) is 0 Å². The number of rotatable bonds is 5. The minimum Gasteiger partial charge on any atom is -0.492 e. The first kappa shape index (κ1) is 13.2. The predicted octanol–water partition coefficient (Wildman–Crippen LogP) is 3.51. The Morgan fingerprint density at radius 2 is 1.85 bits per heavy atom. The zero-order valence-electron chi connectivity index (χ0n) is 11.9. The Morgan fingerprint density at radius 1 is 1.05 bits per heavy atom. The summed E-state index contributed by atoms with van der Waals surface area (Å²) in [4.78, 5) is 0. The summed E-state index contributed by atoms with van der Waals surface area (Å²) in [6.07, 6.45) is 3.70. The van der Waals surface area contributed by atoms with Gasteiger partial charge < -0.3 is 10.1 Å². The fourth-order valence-electron chi connectivity index (χ4n) is 2.85. The van der Waals surface area contributed by atoms with Crippen molar-refractivity contribution in [1.29, 1.82) is 0 Å². The van der Waals surface area contributed by atoms with Gasteiger partial charge in [0.05, 0.1) is 6.04 Å². The molecular weight excluding hydrogens is 246 g/mol. The van der Waals surface area contributed by atoms with Gasteiger partial charge >= 0.3 is 0 Å². The predicted molar refractivity (Wildman–Crippen MR) is 82.2 cm³/mol. The van der Waals surface area contributed by atoms with Gasteiger partial charge in [0.1, 0.15) is 12.4 Å². The van der Waals surface area contributed by atoms with Crippen molar-refractivity contribution < 1.29 is 4.74 Å². The summed E-state index contributed by atoms with van der Waals surface area (Å²) < 4.78 is 5.98. The molecule has 104 valence electrons. The topological polar surface area (TPSA) is 21.3 Å². The molecule has 0 saturated heterocycles. The van der Waals surface area contributed by atoms with Crippen LogP contribution in [0.15, 0.2) is 48.5 Å². The summed E-state index contributed by atoms with van der Waals surface area (Å²) in [5, 5.41) is 3.32. The van der Waals surface area contributed by atoms with E-state index in [0.29, 0.717) is 6.61 Å². The molecular formula is C18H21NO. The van der Waals surface area contributed by atoms with Crippen molar-refractivity contribution in [2.75, 3.05) is 13.7 Å². The van der Waals surface area contributed by atoms with Crippen molar-refractivity contribution >= 4 is 0 Å². The summed E-state index contributed by atoms with van der Waals surface area (Å²) in [7, 11) is 1.98. The number of benzene rings is 2. The van der Waals surface area contributed by atoms with Crippen molar-refractivity contribution in [3.8, 4) is 5.75 Å². The summed E-state index contributed by atoms with van der Waals surface area (Å²) in [5.74, 6) is 0.988. The lowest BCUT2D eigenvalue weighted by atomic mass is 10.1. The van der Waals surface area contributed by atoms with Crippen LogP contribution in [0.2, 0.25) is 0 Å². The maximum Gasteiger partial charge on any atom is 0.119 e. The largest absolute Gasteiger partial charge is 0.492 e. The number of hydrogen-bond acceptors (Lipinski definition) is 2. The molecule has 0 fully saturated rings. The highest BCUT2D eigenvalue weighted by Gasteiger charge is 2.13. The van der Waals surface area contributed by atoms with Crippen LogP contribution >= 0.6 is 0 Å². The van der Waals surface area contributed by atoms with E-state index in [1.807, 2.05) is 13.1 Å². The SMILES string of the molecule is CNC(COc1ccc2c(c1)CCC2)c1ccccc1. The maximum absolute atomic E-state index is 5.98. The molecule has 1 unspecified atom stereocenters. The Hall–Kier alpha value is -1.80. The molecule has 20 heavy (non-hydrogen) atoms. The number of aryl methyl sites for hydroxylation is 2. The third-order valence-corrected chi connectivity index (χ3v) is 4.04. The monoisotopic (exact) mass is 267 g/mol. The van der Waals surface area contributed by atoms with Gasteiger partial charge in [0.15, 0.2) is 0 Å². The van der Waals surface area contributed by atoms with Crippen LogP contribution in [0, 0.1) is 0 Å². The molecule has 2 nitrogen and oxygen atoms in total. The molecule has 1 N–H and O–H groups in total. The number of likely N-dealkylation sites (N-methyl/N-ethyl adjacent to an activating group) is 1. The van der Waals surface area contributed by atoms with E-state index < -0.39 is 0 Å². The average molecular weight is 267 g/mol. The molecule has 0 spiro atoms. The second kappa shape index (κ2) is 6.10. The lowest BCUT2D eigenvalue weighted by molar-refractivity contribution is 0.273. The Kier molecular flexibility index (Phi) is 4.03. The molecule has 0 saturated carbocycles.